The molecule has 0 saturated carbocycles. The average molecular weight is 586 g/mol. The number of aromatic nitrogens is 3. The van der Waals surface area contributed by atoms with Crippen molar-refractivity contribution < 1.29 is 18.2 Å². The van der Waals surface area contributed by atoms with E-state index in [2.05, 4.69) is 57.9 Å². The lowest BCUT2D eigenvalue weighted by Crippen LogP contribution is -2.02. The van der Waals surface area contributed by atoms with Gasteiger partial charge in [0.2, 0.25) is 0 Å². The van der Waals surface area contributed by atoms with Crippen molar-refractivity contribution in [3.8, 4) is 39.7 Å². The van der Waals surface area contributed by atoms with Gasteiger partial charge in [-0.05, 0) is 86.2 Å². The van der Waals surface area contributed by atoms with E-state index >= 15 is 0 Å². The van der Waals surface area contributed by atoms with E-state index in [0.29, 0.717) is 43.3 Å². The largest absolute Gasteiger partial charge is 0.494 e. The van der Waals surface area contributed by atoms with Gasteiger partial charge in [0, 0.05) is 25.1 Å². The SMILES string of the molecule is CCOP(CCCOc1ccc(-c2ccc(Cn3ccc4nc(-c5cccc(C)c5F)nc-4c3)cc2)c(C)c1)OCC. The molecule has 0 N–H and O–H groups in total. The second-order valence-electron chi connectivity index (χ2n) is 10.1. The molecule has 3 aromatic carbocycles. The highest BCUT2D eigenvalue weighted by atomic mass is 31.2. The Bertz CT molecular complexity index is 1580. The summed E-state index contributed by atoms with van der Waals surface area (Å²) in [5, 5.41) is 0. The highest BCUT2D eigenvalue weighted by Gasteiger charge is 2.16. The Balaban J connectivity index is 1.20. The first-order chi connectivity index (χ1) is 20.4. The van der Waals surface area contributed by atoms with Crippen LogP contribution in [0.5, 0.6) is 5.75 Å². The van der Waals surface area contributed by atoms with Crippen LogP contribution in [0.4, 0.5) is 4.39 Å². The molecule has 218 valence electrons. The van der Waals surface area contributed by atoms with Gasteiger partial charge in [-0.1, -0.05) is 42.5 Å². The third-order valence-corrected chi connectivity index (χ3v) is 8.76. The van der Waals surface area contributed by atoms with Crippen LogP contribution in [-0.2, 0) is 15.6 Å². The van der Waals surface area contributed by atoms with Gasteiger partial charge in [-0.3, -0.25) is 0 Å². The van der Waals surface area contributed by atoms with E-state index in [9.17, 15) is 4.39 Å². The number of pyridine rings is 1. The number of nitrogens with zero attached hydrogens (tertiary/aromatic N) is 3. The summed E-state index contributed by atoms with van der Waals surface area (Å²) in [7, 11) is -0.820. The van der Waals surface area contributed by atoms with Gasteiger partial charge >= 0.3 is 0 Å². The lowest BCUT2D eigenvalue weighted by atomic mass is 9.99. The standard InChI is InChI=1S/C34H37FN3O3P/c1-5-40-42(41-6-2)20-8-19-39-28-15-16-29(25(4)21-28)27-13-11-26(12-14-27)22-38-18-17-31-32(23-38)37-34(36-31)30-10-7-9-24(3)33(30)35/h7,9-18,21,23H,5-6,8,19-20,22H2,1-4H3. The minimum Gasteiger partial charge on any atom is -0.494 e. The van der Waals surface area contributed by atoms with E-state index < -0.39 is 8.38 Å². The summed E-state index contributed by atoms with van der Waals surface area (Å²) >= 11 is 0. The number of hydrogen-bond donors (Lipinski definition) is 0. The molecule has 8 heteroatoms. The maximum Gasteiger partial charge on any atom is 0.170 e. The molecule has 0 aromatic heterocycles. The van der Waals surface area contributed by atoms with Crippen molar-refractivity contribution in [2.75, 3.05) is 26.0 Å². The van der Waals surface area contributed by atoms with Crippen LogP contribution in [-0.4, -0.2) is 40.5 Å². The summed E-state index contributed by atoms with van der Waals surface area (Å²) in [5.74, 6) is 1.02. The van der Waals surface area contributed by atoms with Gasteiger partial charge in [-0.15, -0.1) is 0 Å². The van der Waals surface area contributed by atoms with Gasteiger partial charge in [0.1, 0.15) is 17.3 Å². The van der Waals surface area contributed by atoms with Gasteiger partial charge in [0.05, 0.1) is 31.1 Å². The van der Waals surface area contributed by atoms with Crippen LogP contribution in [0.15, 0.2) is 79.1 Å². The summed E-state index contributed by atoms with van der Waals surface area (Å²) in [6, 6.07) is 22.1. The number of hydrogen-bond acceptors (Lipinski definition) is 5. The Morgan fingerprint density at radius 2 is 1.60 bits per heavy atom. The van der Waals surface area contributed by atoms with E-state index in [1.54, 1.807) is 19.1 Å². The predicted molar refractivity (Wildman–Crippen MR) is 168 cm³/mol. The quantitative estimate of drug-likeness (QED) is 0.102. The van der Waals surface area contributed by atoms with E-state index in [4.69, 9.17) is 13.8 Å². The molecule has 2 heterocycles. The molecule has 0 spiro atoms. The topological polar surface area (TPSA) is 58.4 Å². The van der Waals surface area contributed by atoms with Crippen molar-refractivity contribution in [2.45, 2.75) is 40.7 Å². The van der Waals surface area contributed by atoms with Crippen molar-refractivity contribution >= 4 is 8.38 Å². The summed E-state index contributed by atoms with van der Waals surface area (Å²) in [5.41, 5.74) is 7.19. The van der Waals surface area contributed by atoms with Crippen LogP contribution < -0.4 is 4.74 Å². The van der Waals surface area contributed by atoms with Crippen molar-refractivity contribution in [2.24, 2.45) is 0 Å². The molecule has 3 aromatic rings. The number of fused-ring (bicyclic) bond motifs is 1. The van der Waals surface area contributed by atoms with Crippen molar-refractivity contribution in [1.29, 1.82) is 0 Å². The molecule has 0 aliphatic carbocycles. The molecule has 0 fully saturated rings. The van der Waals surface area contributed by atoms with Gasteiger partial charge in [0.15, 0.2) is 14.2 Å². The molecule has 0 radical (unpaired) electrons. The average Bonchev–Trinajstić information content (AvgIpc) is 3.41. The highest BCUT2D eigenvalue weighted by Crippen LogP contribution is 2.38. The summed E-state index contributed by atoms with van der Waals surface area (Å²) in [6.45, 7) is 10.5. The highest BCUT2D eigenvalue weighted by molar-refractivity contribution is 7.47. The minimum atomic E-state index is -0.820. The van der Waals surface area contributed by atoms with Crippen molar-refractivity contribution in [3.63, 3.8) is 0 Å². The molecule has 5 rings (SSSR count). The van der Waals surface area contributed by atoms with Crippen LogP contribution in [0.1, 0.15) is 37.0 Å². The fourth-order valence-electron chi connectivity index (χ4n) is 4.88. The zero-order valence-electron chi connectivity index (χ0n) is 24.6. The van der Waals surface area contributed by atoms with E-state index in [-0.39, 0.29) is 5.82 Å². The minimum absolute atomic E-state index is 0.275. The lowest BCUT2D eigenvalue weighted by Gasteiger charge is -2.16. The zero-order chi connectivity index (χ0) is 29.5. The van der Waals surface area contributed by atoms with Crippen LogP contribution >= 0.6 is 8.38 Å². The maximum absolute atomic E-state index is 14.6. The first kappa shape index (κ1) is 29.8. The van der Waals surface area contributed by atoms with Gasteiger partial charge in [-0.25, -0.2) is 14.4 Å². The monoisotopic (exact) mass is 585 g/mol. The van der Waals surface area contributed by atoms with Crippen molar-refractivity contribution in [3.05, 3.63) is 102 Å². The molecule has 0 bridgehead atoms. The summed E-state index contributed by atoms with van der Waals surface area (Å²) in [4.78, 5) is 9.16. The van der Waals surface area contributed by atoms with E-state index in [1.807, 2.05) is 44.4 Å². The lowest BCUT2D eigenvalue weighted by molar-refractivity contribution is 0.263. The van der Waals surface area contributed by atoms with Crippen molar-refractivity contribution in [1.82, 2.24) is 14.5 Å². The molecule has 6 nitrogen and oxygen atoms in total. The molecular weight excluding hydrogens is 548 g/mol. The fraction of sp³-hybridized carbons (Fsp3) is 0.294. The molecule has 0 saturated heterocycles. The number of rotatable bonds is 13. The molecule has 2 aliphatic heterocycles. The smallest absolute Gasteiger partial charge is 0.170 e. The second kappa shape index (κ2) is 14.0. The number of imidazole rings is 1. The fourth-order valence-corrected chi connectivity index (χ4v) is 6.18. The first-order valence-electron chi connectivity index (χ1n) is 14.4. The molecule has 0 atom stereocenters. The predicted octanol–water partition coefficient (Wildman–Crippen LogP) is 8.67. The molecule has 42 heavy (non-hydrogen) atoms. The molecule has 2 aliphatic rings. The number of halogens is 1. The van der Waals surface area contributed by atoms with Crippen LogP contribution in [0.2, 0.25) is 0 Å². The first-order valence-corrected chi connectivity index (χ1v) is 15.8. The third-order valence-electron chi connectivity index (χ3n) is 6.99. The van der Waals surface area contributed by atoms with Gasteiger partial charge < -0.3 is 18.4 Å². The zero-order valence-corrected chi connectivity index (χ0v) is 25.5. The Morgan fingerprint density at radius 1 is 0.833 bits per heavy atom. The van der Waals surface area contributed by atoms with Crippen LogP contribution in [0, 0.1) is 19.7 Å². The Labute approximate surface area is 248 Å². The number of aryl methyl sites for hydroxylation is 2. The Kier molecular flexibility index (Phi) is 9.96. The summed E-state index contributed by atoms with van der Waals surface area (Å²) < 4.78 is 34.0. The maximum atomic E-state index is 14.6. The second-order valence-corrected chi connectivity index (χ2v) is 11.8. The van der Waals surface area contributed by atoms with E-state index in [0.717, 1.165) is 35.3 Å². The van der Waals surface area contributed by atoms with E-state index in [1.165, 1.54) is 16.7 Å². The molecule has 0 unspecified atom stereocenters. The number of benzene rings is 3. The Hall–Kier alpha value is -3.64. The Morgan fingerprint density at radius 3 is 2.33 bits per heavy atom. The normalized spacial score (nSPS) is 11.5. The summed E-state index contributed by atoms with van der Waals surface area (Å²) in [6.07, 6.45) is 5.72. The third kappa shape index (κ3) is 7.22. The molecule has 0 amide bonds. The van der Waals surface area contributed by atoms with Gasteiger partial charge in [0.25, 0.3) is 0 Å². The van der Waals surface area contributed by atoms with Crippen LogP contribution in [0.3, 0.4) is 0 Å². The van der Waals surface area contributed by atoms with Crippen LogP contribution in [0.25, 0.3) is 33.9 Å². The molecular formula is C34H37FN3O3P. The van der Waals surface area contributed by atoms with Gasteiger partial charge in [-0.2, -0.15) is 0 Å². The number of ether oxygens (including phenoxy) is 1.